The molecule has 0 radical (unpaired) electrons. The van der Waals surface area contributed by atoms with Gasteiger partial charge in [-0.2, -0.15) is 13.7 Å². The largest absolute Gasteiger partial charge is 0.369 e. The quantitative estimate of drug-likeness (QED) is 0.125. The molecule has 0 aliphatic carbocycles. The Balaban J connectivity index is 0. The standard InChI is InChI=1S/2C19H17N2.C18H18N3.C17H15N2.C11H13N2.14C2H6.CH4/c1-14-8-3-5-11-17(14)21-18-12-6-4-9-15(18)16-10-7-13-20(2)19(16)21;1-14-8-7-10-16-15-9-3-4-11-17(15)21(19(14)16)18-12-5-6-13-20(18)2;1-13-7-6-9-15-14-8-4-5-10-16(14)21(17(13)15)18-19(2)11-12-20(18)3;1-12-6-5-9-15-13-7-3-4-8-14(13)16-10-11-18(2)19(16)17(12)15;1-10-6-3-4-7-11(10)13-9-5-8-12(13)2;14*1-2;/h2*3-13H,1-2H3;4-12H,1-3H3;3-11H,1-2H3;3-9H,1-2H3;14*1-2H3;1H4/q5*+1;;;;;;;;;;;;;;;. The molecule has 11 heteroatoms. The fraction of sp³-hybridized carbons (Fsp3) is 0.354. The van der Waals surface area contributed by atoms with Crippen LogP contribution in [0.2, 0.25) is 0 Å². The maximum Gasteiger partial charge on any atom is 0.369 e. The third-order valence-corrected chi connectivity index (χ3v) is 18.7. The van der Waals surface area contributed by atoms with Gasteiger partial charge in [-0.1, -0.05) is 359 Å². The molecule has 670 valence electrons. The molecule has 18 aromatic rings. The highest BCUT2D eigenvalue weighted by Crippen LogP contribution is 2.36. The van der Waals surface area contributed by atoms with Gasteiger partial charge in [-0.25, -0.2) is 18.3 Å². The molecule has 124 heavy (non-hydrogen) atoms. The summed E-state index contributed by atoms with van der Waals surface area (Å²) in [5.74, 6) is 2.34. The minimum atomic E-state index is 0. The third kappa shape index (κ3) is 26.9. The molecular weight excluding hydrogens is 1510 g/mol. The van der Waals surface area contributed by atoms with Gasteiger partial charge in [0.05, 0.1) is 64.6 Å². The van der Waals surface area contributed by atoms with Crippen molar-refractivity contribution in [2.24, 2.45) is 42.3 Å². The SMILES string of the molecule is C.CC.CC.CC.CC.CC.CC.CC.CC.CC.CC.CC.CC.CC.CC.Cc1cccc2c3ccccc3c3cc[n+](C)n3c12.Cc1cccc2c3ccccc3n(-c3cccc[n+]3C)c12.Cc1cccc2c3ccccc3n(-c3n(C)cc[n+]3C)c12.Cc1ccccc1-n1c2ccccc2c2ccc[n+](C)c21.Cc1ccccc1-n1ccc[n+]1C. The van der Waals surface area contributed by atoms with Gasteiger partial charge >= 0.3 is 5.95 Å². The smallest absolute Gasteiger partial charge is 0.237 e. The van der Waals surface area contributed by atoms with Crippen LogP contribution in [0.1, 0.15) is 229 Å². The Hall–Kier alpha value is -11.7. The van der Waals surface area contributed by atoms with Crippen molar-refractivity contribution < 1.29 is 23.1 Å². The Morgan fingerprint density at radius 2 is 0.573 bits per heavy atom. The second-order valence-electron chi connectivity index (χ2n) is 24.9. The number of nitrogens with zero attached hydrogens (tertiary/aromatic N) is 11. The lowest BCUT2D eigenvalue weighted by Crippen LogP contribution is -2.36. The van der Waals surface area contributed by atoms with Gasteiger partial charge < -0.3 is 0 Å². The number of rotatable bonds is 4. The van der Waals surface area contributed by atoms with E-state index in [0.29, 0.717) is 0 Å². The van der Waals surface area contributed by atoms with Crippen LogP contribution in [-0.2, 0) is 42.3 Å². The first-order valence-electron chi connectivity index (χ1n) is 46.5. The Morgan fingerprint density at radius 1 is 0.226 bits per heavy atom. The summed E-state index contributed by atoms with van der Waals surface area (Å²) in [6.07, 6.45) is 14.6. The first-order chi connectivity index (χ1) is 60.3. The van der Waals surface area contributed by atoms with Gasteiger partial charge in [0.2, 0.25) is 0 Å². The molecule has 0 unspecified atom stereocenters. The number of fused-ring (bicyclic) bond motifs is 15. The molecular formula is C113H168N11+5. The normalized spacial score (nSPS) is 9.35. The van der Waals surface area contributed by atoms with Gasteiger partial charge in [-0.05, 0) is 135 Å². The van der Waals surface area contributed by atoms with Gasteiger partial charge in [0, 0.05) is 55.9 Å². The number of imidazole rings is 1. The van der Waals surface area contributed by atoms with Crippen molar-refractivity contribution >= 4 is 92.7 Å². The van der Waals surface area contributed by atoms with Crippen LogP contribution in [0.15, 0.2) is 286 Å². The Morgan fingerprint density at radius 3 is 1.01 bits per heavy atom. The number of hydrogen-bond acceptors (Lipinski definition) is 0. The number of aryl methyl sites for hydroxylation is 11. The average molecular weight is 1680 g/mol. The maximum absolute atomic E-state index is 2.36. The van der Waals surface area contributed by atoms with Gasteiger partial charge in [0.1, 0.15) is 50.0 Å². The molecule has 9 heterocycles. The fourth-order valence-electron chi connectivity index (χ4n) is 14.2. The molecule has 0 aliphatic rings. The van der Waals surface area contributed by atoms with E-state index in [1.807, 2.05) is 213 Å². The zero-order valence-corrected chi connectivity index (χ0v) is 84.1. The van der Waals surface area contributed by atoms with E-state index in [-0.39, 0.29) is 7.43 Å². The monoisotopic (exact) mass is 1680 g/mol. The summed E-state index contributed by atoms with van der Waals surface area (Å²) in [7, 11) is 12.5. The molecule has 0 amide bonds. The van der Waals surface area contributed by atoms with Crippen LogP contribution in [-0.4, -0.2) is 27.5 Å². The van der Waals surface area contributed by atoms with E-state index in [2.05, 4.69) is 394 Å². The first-order valence-corrected chi connectivity index (χ1v) is 46.5. The predicted octanol–water partition coefficient (Wildman–Crippen LogP) is 31.1. The highest BCUT2D eigenvalue weighted by atomic mass is 15.4. The summed E-state index contributed by atoms with van der Waals surface area (Å²) in [4.78, 5) is 0. The third-order valence-electron chi connectivity index (χ3n) is 18.7. The van der Waals surface area contributed by atoms with Crippen molar-refractivity contribution in [1.29, 1.82) is 0 Å². The minimum absolute atomic E-state index is 0. The number of benzene rings is 9. The summed E-state index contributed by atoms with van der Waals surface area (Å²) in [5.41, 5.74) is 19.1. The van der Waals surface area contributed by atoms with E-state index < -0.39 is 0 Å². The zero-order valence-electron chi connectivity index (χ0n) is 84.1. The van der Waals surface area contributed by atoms with E-state index in [0.717, 1.165) is 5.95 Å². The Labute approximate surface area is 753 Å². The summed E-state index contributed by atoms with van der Waals surface area (Å²) >= 11 is 0. The van der Waals surface area contributed by atoms with Crippen LogP contribution in [0.5, 0.6) is 0 Å². The van der Waals surface area contributed by atoms with Gasteiger partial charge in [0.15, 0.2) is 26.5 Å². The van der Waals surface area contributed by atoms with E-state index in [4.69, 9.17) is 0 Å². The van der Waals surface area contributed by atoms with Crippen LogP contribution < -0.4 is 23.1 Å². The van der Waals surface area contributed by atoms with Gasteiger partial charge in [0.25, 0.3) is 11.5 Å². The Bertz CT molecular complexity index is 5720. The summed E-state index contributed by atoms with van der Waals surface area (Å²) in [6, 6.07) is 85.8. The number of pyridine rings is 3. The molecule has 0 fully saturated rings. The molecule has 0 atom stereocenters. The number of hydrogen-bond donors (Lipinski definition) is 0. The van der Waals surface area contributed by atoms with Crippen LogP contribution in [0.3, 0.4) is 0 Å². The van der Waals surface area contributed by atoms with Crippen molar-refractivity contribution in [3.63, 3.8) is 0 Å². The molecule has 0 saturated carbocycles. The van der Waals surface area contributed by atoms with E-state index in [1.165, 1.54) is 138 Å². The molecule has 9 aromatic carbocycles. The number of para-hydroxylation sites is 8. The van der Waals surface area contributed by atoms with Crippen LogP contribution in [0, 0.1) is 34.6 Å². The van der Waals surface area contributed by atoms with Gasteiger partial charge in [-0.15, -0.1) is 18.6 Å². The lowest BCUT2D eigenvalue weighted by atomic mass is 10.0. The average Bonchev–Trinajstić information content (AvgIpc) is 1.54. The second-order valence-corrected chi connectivity index (χ2v) is 24.9. The first kappa shape index (κ1) is 114. The molecule has 0 saturated heterocycles. The van der Waals surface area contributed by atoms with Crippen molar-refractivity contribution in [1.82, 2.24) is 27.5 Å². The molecule has 18 rings (SSSR count). The Kier molecular flexibility index (Phi) is 58.4. The predicted molar refractivity (Wildman–Crippen MR) is 555 cm³/mol. The zero-order chi connectivity index (χ0) is 93.6. The van der Waals surface area contributed by atoms with Crippen molar-refractivity contribution in [3.05, 3.63) is 314 Å². The molecule has 0 spiro atoms. The molecule has 11 nitrogen and oxygen atoms in total. The summed E-state index contributed by atoms with van der Waals surface area (Å²) in [6.45, 7) is 66.8. The highest BCUT2D eigenvalue weighted by Gasteiger charge is 2.26. The van der Waals surface area contributed by atoms with E-state index in [1.54, 1.807) is 0 Å². The van der Waals surface area contributed by atoms with Crippen LogP contribution in [0.25, 0.3) is 116 Å². The van der Waals surface area contributed by atoms with E-state index in [9.17, 15) is 0 Å². The summed E-state index contributed by atoms with van der Waals surface area (Å²) in [5, 5.41) is 11.8. The molecule has 0 N–H and O–H groups in total. The summed E-state index contributed by atoms with van der Waals surface area (Å²) < 4.78 is 24.4. The van der Waals surface area contributed by atoms with Gasteiger partial charge in [-0.3, -0.25) is 0 Å². The van der Waals surface area contributed by atoms with Crippen molar-refractivity contribution in [2.45, 2.75) is 236 Å². The minimum Gasteiger partial charge on any atom is -0.237 e. The van der Waals surface area contributed by atoms with Crippen LogP contribution in [0.4, 0.5) is 0 Å². The molecule has 0 aliphatic heterocycles. The van der Waals surface area contributed by atoms with Crippen molar-refractivity contribution in [2.75, 3.05) is 0 Å². The topological polar surface area (TPSA) is 48.5 Å². The molecule has 0 bridgehead atoms. The lowest BCUT2D eigenvalue weighted by molar-refractivity contribution is -0.744. The number of aromatic nitrogens is 11. The highest BCUT2D eigenvalue weighted by molar-refractivity contribution is 6.14. The lowest BCUT2D eigenvalue weighted by Gasteiger charge is -2.08. The van der Waals surface area contributed by atoms with Crippen molar-refractivity contribution in [3.8, 4) is 23.1 Å². The van der Waals surface area contributed by atoms with Crippen LogP contribution >= 0.6 is 0 Å². The second kappa shape index (κ2) is 63.3. The fourth-order valence-corrected chi connectivity index (χ4v) is 14.2. The molecule has 9 aromatic heterocycles. The maximum atomic E-state index is 2.36. The van der Waals surface area contributed by atoms with E-state index >= 15 is 0 Å².